The maximum absolute atomic E-state index is 12.5. The Labute approximate surface area is 168 Å². The van der Waals surface area contributed by atoms with Gasteiger partial charge in [-0.05, 0) is 31.2 Å². The van der Waals surface area contributed by atoms with Gasteiger partial charge in [-0.3, -0.25) is 4.79 Å². The van der Waals surface area contributed by atoms with Gasteiger partial charge in [-0.2, -0.15) is 0 Å². The van der Waals surface area contributed by atoms with Crippen LogP contribution >= 0.6 is 34.7 Å². The first-order chi connectivity index (χ1) is 13.1. The van der Waals surface area contributed by atoms with Crippen LogP contribution in [0.3, 0.4) is 0 Å². The maximum atomic E-state index is 12.5. The fraction of sp³-hybridized carbons (Fsp3) is 0.105. The average molecular weight is 416 g/mol. The Morgan fingerprint density at radius 3 is 2.74 bits per heavy atom. The minimum absolute atomic E-state index is 0.153. The molecule has 27 heavy (non-hydrogen) atoms. The molecule has 5 nitrogen and oxygen atoms in total. The normalized spacial score (nSPS) is 12.2. The third-order valence-corrected chi connectivity index (χ3v) is 5.75. The van der Waals surface area contributed by atoms with E-state index in [0.717, 1.165) is 16.8 Å². The molecule has 1 unspecified atom stereocenters. The summed E-state index contributed by atoms with van der Waals surface area (Å²) in [5.41, 5.74) is 3.23. The summed E-state index contributed by atoms with van der Waals surface area (Å²) in [5.74, 6) is -0.153. The van der Waals surface area contributed by atoms with Gasteiger partial charge in [-0.1, -0.05) is 47.6 Å². The van der Waals surface area contributed by atoms with E-state index in [4.69, 9.17) is 16.0 Å². The van der Waals surface area contributed by atoms with Gasteiger partial charge >= 0.3 is 0 Å². The second-order valence-electron chi connectivity index (χ2n) is 5.74. The van der Waals surface area contributed by atoms with E-state index in [1.54, 1.807) is 0 Å². The number of nitrogens with zero attached hydrogens (tertiary/aromatic N) is 2. The molecule has 4 rings (SSSR count). The van der Waals surface area contributed by atoms with Crippen molar-refractivity contribution in [3.8, 4) is 11.3 Å². The quantitative estimate of drug-likeness (QED) is 0.422. The highest BCUT2D eigenvalue weighted by Gasteiger charge is 2.19. The zero-order chi connectivity index (χ0) is 18.8. The molecule has 0 saturated carbocycles. The van der Waals surface area contributed by atoms with E-state index in [1.165, 1.54) is 23.1 Å². The van der Waals surface area contributed by atoms with Crippen molar-refractivity contribution in [1.29, 1.82) is 0 Å². The summed E-state index contributed by atoms with van der Waals surface area (Å²) in [6.45, 7) is 1.81. The lowest BCUT2D eigenvalue weighted by Gasteiger charge is -2.07. The van der Waals surface area contributed by atoms with Gasteiger partial charge in [0.25, 0.3) is 5.22 Å². The molecule has 2 aromatic carbocycles. The number of para-hydroxylation sites is 2. The second-order valence-corrected chi connectivity index (χ2v) is 8.33. The topological polar surface area (TPSA) is 68.0 Å². The van der Waals surface area contributed by atoms with E-state index >= 15 is 0 Å². The molecule has 0 fully saturated rings. The van der Waals surface area contributed by atoms with Gasteiger partial charge in [-0.15, -0.1) is 11.3 Å². The fourth-order valence-electron chi connectivity index (χ4n) is 2.40. The average Bonchev–Trinajstić information content (AvgIpc) is 3.28. The lowest BCUT2D eigenvalue weighted by Crippen LogP contribution is -2.22. The first-order valence-corrected chi connectivity index (χ1v) is 10.3. The number of carbonyl (C=O) groups is 1. The van der Waals surface area contributed by atoms with Crippen LogP contribution in [0.1, 0.15) is 6.92 Å². The summed E-state index contributed by atoms with van der Waals surface area (Å²) >= 11 is 8.56. The second kappa shape index (κ2) is 7.72. The number of halogens is 1. The largest absolute Gasteiger partial charge is 0.431 e. The lowest BCUT2D eigenvalue weighted by molar-refractivity contribution is -0.115. The smallest absolute Gasteiger partial charge is 0.257 e. The number of oxazole rings is 1. The Morgan fingerprint density at radius 1 is 1.19 bits per heavy atom. The van der Waals surface area contributed by atoms with Crippen molar-refractivity contribution in [2.75, 3.05) is 5.32 Å². The molecule has 2 aromatic heterocycles. The fourth-order valence-corrected chi connectivity index (χ4v) is 4.00. The molecule has 1 atom stereocenters. The third-order valence-electron chi connectivity index (χ3n) is 3.80. The van der Waals surface area contributed by atoms with Crippen molar-refractivity contribution in [3.63, 3.8) is 0 Å². The third kappa shape index (κ3) is 4.16. The zero-order valence-electron chi connectivity index (χ0n) is 14.2. The van der Waals surface area contributed by atoms with E-state index in [2.05, 4.69) is 15.3 Å². The van der Waals surface area contributed by atoms with Gasteiger partial charge in [0, 0.05) is 16.0 Å². The number of fused-ring (bicyclic) bond motifs is 1. The molecule has 4 aromatic rings. The van der Waals surface area contributed by atoms with Crippen LogP contribution in [-0.2, 0) is 4.79 Å². The molecule has 0 aliphatic heterocycles. The Morgan fingerprint density at radius 2 is 1.96 bits per heavy atom. The van der Waals surface area contributed by atoms with Crippen molar-refractivity contribution < 1.29 is 9.21 Å². The van der Waals surface area contributed by atoms with E-state index in [1.807, 2.05) is 60.8 Å². The maximum Gasteiger partial charge on any atom is 0.257 e. The molecule has 0 saturated heterocycles. The highest BCUT2D eigenvalue weighted by atomic mass is 35.5. The molecular formula is C19H14ClN3O2S2. The number of hydrogen-bond acceptors (Lipinski definition) is 6. The summed E-state index contributed by atoms with van der Waals surface area (Å²) < 4.78 is 5.66. The number of thioether (sulfide) groups is 1. The number of hydrogen-bond donors (Lipinski definition) is 1. The Hall–Kier alpha value is -2.35. The number of benzene rings is 2. The van der Waals surface area contributed by atoms with Crippen molar-refractivity contribution in [2.24, 2.45) is 0 Å². The molecular weight excluding hydrogens is 402 g/mol. The van der Waals surface area contributed by atoms with Crippen LogP contribution in [0.5, 0.6) is 0 Å². The molecule has 8 heteroatoms. The number of anilines is 1. The number of amides is 1. The first-order valence-electron chi connectivity index (χ1n) is 8.13. The highest BCUT2D eigenvalue weighted by Crippen LogP contribution is 2.29. The van der Waals surface area contributed by atoms with E-state index < -0.39 is 0 Å². The van der Waals surface area contributed by atoms with Crippen LogP contribution in [0.25, 0.3) is 22.4 Å². The van der Waals surface area contributed by atoms with Crippen molar-refractivity contribution in [2.45, 2.75) is 17.4 Å². The molecule has 0 aliphatic carbocycles. The Bertz CT molecular complexity index is 1060. The summed E-state index contributed by atoms with van der Waals surface area (Å²) in [4.78, 5) is 21.3. The number of thiazole rings is 1. The summed E-state index contributed by atoms with van der Waals surface area (Å²) in [5, 5.41) is 6.07. The molecule has 136 valence electrons. The molecule has 2 heterocycles. The summed E-state index contributed by atoms with van der Waals surface area (Å²) in [6.07, 6.45) is 0. The minimum atomic E-state index is -0.374. The van der Waals surface area contributed by atoms with Gasteiger partial charge < -0.3 is 9.73 Å². The van der Waals surface area contributed by atoms with Gasteiger partial charge in [0.15, 0.2) is 10.7 Å². The standard InChI is InChI=1S/C19H14ClN3O2S2/c1-11(27-19-22-14-4-2-3-5-16(14)25-19)17(24)23-18-21-15(10-26-18)12-6-8-13(20)9-7-12/h2-11H,1H3,(H,21,23,24). The minimum Gasteiger partial charge on any atom is -0.431 e. The highest BCUT2D eigenvalue weighted by molar-refractivity contribution is 8.00. The lowest BCUT2D eigenvalue weighted by atomic mass is 10.2. The van der Waals surface area contributed by atoms with E-state index in [9.17, 15) is 4.79 Å². The number of nitrogens with one attached hydrogen (secondary N) is 1. The predicted octanol–water partition coefficient (Wildman–Crippen LogP) is 5.72. The van der Waals surface area contributed by atoms with Crippen molar-refractivity contribution in [3.05, 3.63) is 58.9 Å². The Balaban J connectivity index is 1.41. The van der Waals surface area contributed by atoms with Crippen molar-refractivity contribution >= 4 is 56.8 Å². The molecule has 0 radical (unpaired) electrons. The zero-order valence-corrected chi connectivity index (χ0v) is 16.6. The molecule has 0 aliphatic rings. The number of rotatable bonds is 5. The van der Waals surface area contributed by atoms with Gasteiger partial charge in [-0.25, -0.2) is 9.97 Å². The van der Waals surface area contributed by atoms with Gasteiger partial charge in [0.1, 0.15) is 5.52 Å². The molecule has 1 N–H and O–H groups in total. The van der Waals surface area contributed by atoms with Crippen LogP contribution in [0.15, 0.2) is 63.6 Å². The predicted molar refractivity (Wildman–Crippen MR) is 111 cm³/mol. The number of aromatic nitrogens is 2. The SMILES string of the molecule is CC(Sc1nc2ccccc2o1)C(=O)Nc1nc(-c2ccc(Cl)cc2)cs1. The monoisotopic (exact) mass is 415 g/mol. The van der Waals surface area contributed by atoms with E-state index in [-0.39, 0.29) is 11.2 Å². The van der Waals surface area contributed by atoms with Crippen LogP contribution in [0.2, 0.25) is 5.02 Å². The summed E-state index contributed by atoms with van der Waals surface area (Å²) in [6, 6.07) is 14.9. The first kappa shape index (κ1) is 18.0. The van der Waals surface area contributed by atoms with Gasteiger partial charge in [0.05, 0.1) is 10.9 Å². The van der Waals surface area contributed by atoms with Crippen LogP contribution < -0.4 is 5.32 Å². The van der Waals surface area contributed by atoms with Gasteiger partial charge in [0.2, 0.25) is 5.91 Å². The molecule has 1 amide bonds. The van der Waals surface area contributed by atoms with Crippen LogP contribution in [0.4, 0.5) is 5.13 Å². The summed E-state index contributed by atoms with van der Waals surface area (Å²) in [7, 11) is 0. The molecule has 0 spiro atoms. The van der Waals surface area contributed by atoms with E-state index in [0.29, 0.717) is 21.0 Å². The van der Waals surface area contributed by atoms with Crippen molar-refractivity contribution in [1.82, 2.24) is 9.97 Å². The van der Waals surface area contributed by atoms with Crippen LogP contribution in [0, 0.1) is 0 Å². The molecule has 0 bridgehead atoms. The van der Waals surface area contributed by atoms with Crippen LogP contribution in [-0.4, -0.2) is 21.1 Å². The Kier molecular flexibility index (Phi) is 5.15. The number of carbonyl (C=O) groups excluding carboxylic acids is 1.